The van der Waals surface area contributed by atoms with Crippen LogP contribution < -0.4 is 9.80 Å². The van der Waals surface area contributed by atoms with Gasteiger partial charge in [0.05, 0.1) is 16.8 Å². The first-order valence-electron chi connectivity index (χ1n) is 14.6. The van der Waals surface area contributed by atoms with Crippen LogP contribution in [0.4, 0.5) is 10.3 Å². The van der Waals surface area contributed by atoms with Gasteiger partial charge in [-0.15, -0.1) is 11.3 Å². The van der Waals surface area contributed by atoms with Gasteiger partial charge in [0, 0.05) is 51.2 Å². The maximum absolute atomic E-state index is 14.3. The van der Waals surface area contributed by atoms with Crippen LogP contribution in [-0.4, -0.2) is 68.1 Å². The Labute approximate surface area is 261 Å². The van der Waals surface area contributed by atoms with Gasteiger partial charge in [-0.05, 0) is 48.7 Å². The number of ether oxygens (including phenoxy) is 2. The summed E-state index contributed by atoms with van der Waals surface area (Å²) in [4.78, 5) is 40.8. The van der Waals surface area contributed by atoms with Crippen molar-refractivity contribution in [3.63, 3.8) is 0 Å². The number of benzene rings is 2. The Hall–Kier alpha value is -3.16. The van der Waals surface area contributed by atoms with Crippen LogP contribution in [0.15, 0.2) is 42.5 Å². The number of aliphatic hydroxyl groups is 1. The lowest BCUT2D eigenvalue weighted by molar-refractivity contribution is 0.0519. The monoisotopic (exact) mass is 638 g/mol. The molecule has 1 amide bonds. The fourth-order valence-corrected chi connectivity index (χ4v) is 7.67. The smallest absolute Gasteiger partial charge is 0.358 e. The van der Waals surface area contributed by atoms with Crippen LogP contribution in [-0.2, 0) is 28.9 Å². The van der Waals surface area contributed by atoms with E-state index < -0.39 is 14.0 Å². The Bertz CT molecular complexity index is 1570. The van der Waals surface area contributed by atoms with Gasteiger partial charge in [0.2, 0.25) is 0 Å². The van der Waals surface area contributed by atoms with Crippen molar-refractivity contribution >= 4 is 63.1 Å². The fraction of sp³-hybridized carbons (Fsp3) is 0.419. The molecular formula is C31H38N4O5S2Si. The molecule has 1 N–H and O–H groups in total. The van der Waals surface area contributed by atoms with Crippen molar-refractivity contribution < 1.29 is 24.2 Å². The molecule has 228 valence electrons. The van der Waals surface area contributed by atoms with Crippen LogP contribution in [0.5, 0.6) is 0 Å². The molecule has 0 aliphatic carbocycles. The normalized spacial score (nSPS) is 13.3. The minimum Gasteiger partial charge on any atom is -0.461 e. The summed E-state index contributed by atoms with van der Waals surface area (Å²) < 4.78 is 12.3. The Morgan fingerprint density at radius 2 is 1.91 bits per heavy atom. The first-order valence-corrected chi connectivity index (χ1v) is 19.9. The van der Waals surface area contributed by atoms with Gasteiger partial charge in [-0.1, -0.05) is 55.2 Å². The fourth-order valence-electron chi connectivity index (χ4n) is 4.90. The van der Waals surface area contributed by atoms with Crippen LogP contribution in [0.3, 0.4) is 0 Å². The summed E-state index contributed by atoms with van der Waals surface area (Å²) in [6.45, 7) is 10.7. The minimum atomic E-state index is -1.30. The summed E-state index contributed by atoms with van der Waals surface area (Å²) in [5, 5.41) is 10.9. The zero-order valence-electron chi connectivity index (χ0n) is 25.1. The number of carbonyl (C=O) groups is 2. The highest BCUT2D eigenvalue weighted by molar-refractivity contribution is 7.22. The second-order valence-corrected chi connectivity index (χ2v) is 19.3. The zero-order valence-corrected chi connectivity index (χ0v) is 27.7. The minimum absolute atomic E-state index is 0.0862. The Kier molecular flexibility index (Phi) is 9.92. The molecule has 0 fully saturated rings. The zero-order chi connectivity index (χ0) is 30.6. The third-order valence-electron chi connectivity index (χ3n) is 7.24. The molecule has 4 aromatic rings. The van der Waals surface area contributed by atoms with E-state index in [1.54, 1.807) is 11.8 Å². The molecule has 2 aromatic heterocycles. The summed E-state index contributed by atoms with van der Waals surface area (Å²) >= 11 is 2.87. The van der Waals surface area contributed by atoms with E-state index in [1.165, 1.54) is 22.7 Å². The number of para-hydroxylation sites is 1. The quantitative estimate of drug-likeness (QED) is 0.0874. The van der Waals surface area contributed by atoms with E-state index in [-0.39, 0.29) is 31.5 Å². The van der Waals surface area contributed by atoms with Crippen LogP contribution in [0.1, 0.15) is 43.8 Å². The molecule has 1 aliphatic rings. The standard InChI is InChI=1S/C31H38N4O5S2Si/c1-5-40-29(38)27-26(14-16-36)42-30(33-27)34-15-13-21-9-8-10-22(23(21)19-34)28(37)35(20-39-17-18-43(2,3)4)31-32-24-11-6-7-12-25(24)41-31/h6-12,36H,5,13-20H2,1-4H3. The molecule has 43 heavy (non-hydrogen) atoms. The second kappa shape index (κ2) is 13.6. The summed E-state index contributed by atoms with van der Waals surface area (Å²) in [5.41, 5.74) is 3.76. The lowest BCUT2D eigenvalue weighted by atomic mass is 9.94. The molecule has 0 spiro atoms. The van der Waals surface area contributed by atoms with Crippen molar-refractivity contribution in [2.75, 3.05) is 42.9 Å². The van der Waals surface area contributed by atoms with E-state index in [4.69, 9.17) is 14.5 Å². The molecule has 0 unspecified atom stereocenters. The highest BCUT2D eigenvalue weighted by Crippen LogP contribution is 2.34. The third-order valence-corrected chi connectivity index (χ3v) is 11.2. The average molecular weight is 639 g/mol. The molecule has 9 nitrogen and oxygen atoms in total. The van der Waals surface area contributed by atoms with Crippen molar-refractivity contribution in [1.29, 1.82) is 0 Å². The molecule has 0 bridgehead atoms. The Morgan fingerprint density at radius 1 is 1.09 bits per heavy atom. The number of fused-ring (bicyclic) bond motifs is 2. The molecule has 0 atom stereocenters. The van der Waals surface area contributed by atoms with E-state index >= 15 is 0 Å². The van der Waals surface area contributed by atoms with E-state index in [0.29, 0.717) is 46.8 Å². The molecule has 3 heterocycles. The molecule has 5 rings (SSSR count). The molecule has 0 radical (unpaired) electrons. The first kappa shape index (κ1) is 31.3. The topological polar surface area (TPSA) is 105 Å². The average Bonchev–Trinajstić information content (AvgIpc) is 3.61. The second-order valence-electron chi connectivity index (χ2n) is 11.6. The molecule has 1 aliphatic heterocycles. The lowest BCUT2D eigenvalue weighted by Crippen LogP contribution is -2.37. The number of amides is 1. The highest BCUT2D eigenvalue weighted by Gasteiger charge is 2.30. The van der Waals surface area contributed by atoms with Gasteiger partial charge in [-0.2, -0.15) is 0 Å². The summed E-state index contributed by atoms with van der Waals surface area (Å²) in [6, 6.07) is 14.8. The van der Waals surface area contributed by atoms with E-state index in [9.17, 15) is 14.7 Å². The first-order chi connectivity index (χ1) is 20.7. The number of thiazole rings is 2. The predicted octanol–water partition coefficient (Wildman–Crippen LogP) is 5.99. The number of rotatable bonds is 12. The number of aromatic nitrogens is 2. The van der Waals surface area contributed by atoms with Crippen LogP contribution >= 0.6 is 22.7 Å². The SMILES string of the molecule is CCOC(=O)c1nc(N2CCc3cccc(C(=O)N(COCC[Si](C)(C)C)c4nc5ccccc5s4)c3C2)sc1CCO. The van der Waals surface area contributed by atoms with Crippen LogP contribution in [0, 0.1) is 0 Å². The van der Waals surface area contributed by atoms with E-state index in [2.05, 4.69) is 35.6 Å². The van der Waals surface area contributed by atoms with Gasteiger partial charge < -0.3 is 19.5 Å². The van der Waals surface area contributed by atoms with Crippen molar-refractivity contribution in [2.45, 2.75) is 52.0 Å². The summed E-state index contributed by atoms with van der Waals surface area (Å²) in [6.07, 6.45) is 1.06. The van der Waals surface area contributed by atoms with Crippen LogP contribution in [0.2, 0.25) is 25.7 Å². The number of anilines is 2. The van der Waals surface area contributed by atoms with Crippen molar-refractivity contribution in [1.82, 2.24) is 9.97 Å². The number of hydrogen-bond acceptors (Lipinski definition) is 10. The lowest BCUT2D eigenvalue weighted by Gasteiger charge is -2.31. The Morgan fingerprint density at radius 3 is 2.65 bits per heavy atom. The molecular weight excluding hydrogens is 601 g/mol. The number of carbonyl (C=O) groups excluding carboxylic acids is 2. The van der Waals surface area contributed by atoms with Crippen molar-refractivity contribution in [3.05, 3.63) is 69.7 Å². The number of hydrogen-bond donors (Lipinski definition) is 1. The van der Waals surface area contributed by atoms with Gasteiger partial charge in [0.15, 0.2) is 16.0 Å². The Balaban J connectivity index is 1.45. The third kappa shape index (κ3) is 7.32. The van der Waals surface area contributed by atoms with Gasteiger partial charge in [-0.3, -0.25) is 9.69 Å². The summed E-state index contributed by atoms with van der Waals surface area (Å²) in [5.74, 6) is -0.639. The maximum Gasteiger partial charge on any atom is 0.358 e. The van der Waals surface area contributed by atoms with E-state index in [0.717, 1.165) is 33.8 Å². The number of nitrogens with zero attached hydrogens (tertiary/aromatic N) is 4. The van der Waals surface area contributed by atoms with Gasteiger partial charge in [0.25, 0.3) is 5.91 Å². The van der Waals surface area contributed by atoms with Gasteiger partial charge >= 0.3 is 5.97 Å². The maximum atomic E-state index is 14.3. The molecule has 0 saturated carbocycles. The number of esters is 1. The van der Waals surface area contributed by atoms with Crippen LogP contribution in [0.25, 0.3) is 10.2 Å². The molecule has 2 aromatic carbocycles. The predicted molar refractivity (Wildman–Crippen MR) is 175 cm³/mol. The number of aliphatic hydroxyl groups excluding tert-OH is 1. The summed E-state index contributed by atoms with van der Waals surface area (Å²) in [7, 11) is -1.30. The molecule has 0 saturated heterocycles. The molecule has 12 heteroatoms. The highest BCUT2D eigenvalue weighted by atomic mass is 32.1. The van der Waals surface area contributed by atoms with Crippen molar-refractivity contribution in [2.24, 2.45) is 0 Å². The van der Waals surface area contributed by atoms with Gasteiger partial charge in [0.1, 0.15) is 6.73 Å². The largest absolute Gasteiger partial charge is 0.461 e. The van der Waals surface area contributed by atoms with Gasteiger partial charge in [-0.25, -0.2) is 14.8 Å². The van der Waals surface area contributed by atoms with E-state index in [1.807, 2.05) is 36.4 Å². The van der Waals surface area contributed by atoms with Crippen molar-refractivity contribution in [3.8, 4) is 0 Å².